The smallest absolute Gasteiger partial charge is 0.241 e. The lowest BCUT2D eigenvalue weighted by Gasteiger charge is -2.31. The molecule has 0 bridgehead atoms. The summed E-state index contributed by atoms with van der Waals surface area (Å²) < 4.78 is 0. The van der Waals surface area contributed by atoms with Crippen LogP contribution in [0.2, 0.25) is 0 Å². The highest BCUT2D eigenvalue weighted by Gasteiger charge is 2.41. The highest BCUT2D eigenvalue weighted by atomic mass is 32.1. The molecule has 0 spiro atoms. The molecule has 0 radical (unpaired) electrons. The molecule has 0 saturated carbocycles. The van der Waals surface area contributed by atoms with E-state index in [2.05, 4.69) is 35.5 Å². The van der Waals surface area contributed by atoms with E-state index >= 15 is 0 Å². The van der Waals surface area contributed by atoms with E-state index < -0.39 is 0 Å². The van der Waals surface area contributed by atoms with Crippen molar-refractivity contribution in [3.05, 3.63) is 22.4 Å². The number of hydrogen-bond donors (Lipinski definition) is 1. The second kappa shape index (κ2) is 6.70. The number of thiophene rings is 1. The van der Waals surface area contributed by atoms with Crippen molar-refractivity contribution in [2.75, 3.05) is 20.6 Å². The summed E-state index contributed by atoms with van der Waals surface area (Å²) in [6.07, 6.45) is 1.97. The zero-order valence-electron chi connectivity index (χ0n) is 12.8. The normalized spacial score (nSPS) is 24.6. The van der Waals surface area contributed by atoms with Gasteiger partial charge in [-0.15, -0.1) is 11.3 Å². The van der Waals surface area contributed by atoms with E-state index in [1.165, 1.54) is 4.88 Å². The summed E-state index contributed by atoms with van der Waals surface area (Å²) in [6.45, 7) is 5.14. The van der Waals surface area contributed by atoms with Crippen LogP contribution in [0, 0.1) is 0 Å². The van der Waals surface area contributed by atoms with Crippen molar-refractivity contribution in [2.45, 2.75) is 44.9 Å². The first kappa shape index (κ1) is 15.5. The van der Waals surface area contributed by atoms with E-state index in [9.17, 15) is 4.79 Å². The topological polar surface area (TPSA) is 35.6 Å². The van der Waals surface area contributed by atoms with Gasteiger partial charge in [0, 0.05) is 17.5 Å². The van der Waals surface area contributed by atoms with Crippen LogP contribution in [-0.4, -0.2) is 48.4 Å². The molecule has 3 atom stereocenters. The number of carbonyl (C=O) groups excluding carboxylic acids is 1. The van der Waals surface area contributed by atoms with E-state index in [0.717, 1.165) is 19.4 Å². The molecule has 0 aliphatic carbocycles. The van der Waals surface area contributed by atoms with Crippen LogP contribution in [0.3, 0.4) is 0 Å². The van der Waals surface area contributed by atoms with Crippen LogP contribution in [0.1, 0.15) is 37.7 Å². The highest BCUT2D eigenvalue weighted by Crippen LogP contribution is 2.31. The number of likely N-dealkylation sites (N-methyl/N-ethyl adjacent to an activating group) is 1. The molecule has 1 aromatic heterocycles. The molecule has 0 aromatic carbocycles. The summed E-state index contributed by atoms with van der Waals surface area (Å²) >= 11 is 1.71. The Labute approximate surface area is 125 Å². The third-order valence-electron chi connectivity index (χ3n) is 3.68. The van der Waals surface area contributed by atoms with E-state index in [4.69, 9.17) is 0 Å². The van der Waals surface area contributed by atoms with Crippen molar-refractivity contribution in [1.82, 2.24) is 15.1 Å². The Kier molecular flexibility index (Phi) is 5.18. The first-order chi connectivity index (χ1) is 9.54. The van der Waals surface area contributed by atoms with Gasteiger partial charge in [0.15, 0.2) is 0 Å². The number of nitrogens with zero attached hydrogens (tertiary/aromatic N) is 2. The lowest BCUT2D eigenvalue weighted by atomic mass is 10.1. The number of rotatable bonds is 6. The zero-order chi connectivity index (χ0) is 14.7. The lowest BCUT2D eigenvalue weighted by Crippen LogP contribution is -2.43. The maximum Gasteiger partial charge on any atom is 0.241 e. The minimum absolute atomic E-state index is 0.0308. The van der Waals surface area contributed by atoms with Gasteiger partial charge in [-0.2, -0.15) is 0 Å². The quantitative estimate of drug-likeness (QED) is 0.875. The molecule has 5 heteroatoms. The Morgan fingerprint density at radius 1 is 1.50 bits per heavy atom. The van der Waals surface area contributed by atoms with Gasteiger partial charge in [0.2, 0.25) is 5.91 Å². The molecule has 1 fully saturated rings. The van der Waals surface area contributed by atoms with Gasteiger partial charge in [-0.05, 0) is 38.9 Å². The molecule has 2 rings (SSSR count). The molecule has 1 aliphatic heterocycles. The summed E-state index contributed by atoms with van der Waals surface area (Å²) in [5, 5.41) is 5.59. The van der Waals surface area contributed by atoms with Crippen molar-refractivity contribution < 1.29 is 4.79 Å². The number of amides is 1. The fourth-order valence-electron chi connectivity index (χ4n) is 2.90. The number of hydrogen-bond acceptors (Lipinski definition) is 4. The first-order valence-electron chi connectivity index (χ1n) is 7.31. The van der Waals surface area contributed by atoms with Gasteiger partial charge in [-0.1, -0.05) is 19.4 Å². The minimum atomic E-state index is -0.0308. The summed E-state index contributed by atoms with van der Waals surface area (Å²) in [5.41, 5.74) is 0. The van der Waals surface area contributed by atoms with Gasteiger partial charge < -0.3 is 9.80 Å². The minimum Gasteiger partial charge on any atom is -0.317 e. The molecule has 20 heavy (non-hydrogen) atoms. The Hall–Kier alpha value is -0.910. The van der Waals surface area contributed by atoms with Crippen molar-refractivity contribution in [2.24, 2.45) is 0 Å². The molecule has 112 valence electrons. The molecule has 3 unspecified atom stereocenters. The fraction of sp³-hybridized carbons (Fsp3) is 0.667. The third-order valence-corrected chi connectivity index (χ3v) is 4.61. The average Bonchev–Trinajstić information content (AvgIpc) is 2.97. The highest BCUT2D eigenvalue weighted by molar-refractivity contribution is 7.10. The molecule has 1 saturated heterocycles. The maximum atomic E-state index is 12.7. The van der Waals surface area contributed by atoms with Crippen LogP contribution in [-0.2, 0) is 4.79 Å². The third kappa shape index (κ3) is 3.22. The number of carbonyl (C=O) groups is 1. The molecule has 2 heterocycles. The summed E-state index contributed by atoms with van der Waals surface area (Å²) in [7, 11) is 4.10. The van der Waals surface area contributed by atoms with Crippen LogP contribution in [0.25, 0.3) is 0 Å². The monoisotopic (exact) mass is 295 g/mol. The van der Waals surface area contributed by atoms with Gasteiger partial charge in [0.1, 0.15) is 6.17 Å². The lowest BCUT2D eigenvalue weighted by molar-refractivity contribution is -0.132. The summed E-state index contributed by atoms with van der Waals surface area (Å²) in [4.78, 5) is 18.1. The van der Waals surface area contributed by atoms with Gasteiger partial charge in [-0.3, -0.25) is 10.1 Å². The average molecular weight is 295 g/mol. The summed E-state index contributed by atoms with van der Waals surface area (Å²) in [5.74, 6) is 0.250. The molecular weight excluding hydrogens is 270 g/mol. The zero-order valence-corrected chi connectivity index (χ0v) is 13.6. The first-order valence-corrected chi connectivity index (χ1v) is 8.19. The second-order valence-corrected chi connectivity index (χ2v) is 6.76. The molecule has 4 nitrogen and oxygen atoms in total. The van der Waals surface area contributed by atoms with Gasteiger partial charge >= 0.3 is 0 Å². The van der Waals surface area contributed by atoms with Gasteiger partial charge in [0.25, 0.3) is 0 Å². The van der Waals surface area contributed by atoms with Crippen molar-refractivity contribution in [3.8, 4) is 0 Å². The van der Waals surface area contributed by atoms with Crippen molar-refractivity contribution in [3.63, 3.8) is 0 Å². The van der Waals surface area contributed by atoms with Crippen LogP contribution in [0.4, 0.5) is 0 Å². The van der Waals surface area contributed by atoms with Gasteiger partial charge in [0.05, 0.1) is 6.04 Å². The van der Waals surface area contributed by atoms with Gasteiger partial charge in [-0.25, -0.2) is 0 Å². The maximum absolute atomic E-state index is 12.7. The fourth-order valence-corrected chi connectivity index (χ4v) is 3.68. The van der Waals surface area contributed by atoms with E-state index in [-0.39, 0.29) is 24.2 Å². The molecule has 1 amide bonds. The van der Waals surface area contributed by atoms with E-state index in [0.29, 0.717) is 0 Å². The molecule has 1 aromatic rings. The Balaban J connectivity index is 2.21. The second-order valence-electron chi connectivity index (χ2n) is 5.78. The largest absolute Gasteiger partial charge is 0.317 e. The molecule has 1 aliphatic rings. The van der Waals surface area contributed by atoms with E-state index in [1.807, 2.05) is 25.1 Å². The SMILES string of the molecule is CCCC1NC(c2cccs2)N(C(C)CN(C)C)C1=O. The summed E-state index contributed by atoms with van der Waals surface area (Å²) in [6, 6.07) is 4.34. The van der Waals surface area contributed by atoms with E-state index in [1.54, 1.807) is 11.3 Å². The predicted molar refractivity (Wildman–Crippen MR) is 83.8 cm³/mol. The molecular formula is C15H25N3OS. The predicted octanol–water partition coefficient (Wildman–Crippen LogP) is 2.30. The molecule has 1 N–H and O–H groups in total. The Morgan fingerprint density at radius 2 is 2.25 bits per heavy atom. The standard InChI is InChI=1S/C15H25N3OS/c1-5-7-12-15(19)18(11(2)10-17(3)4)14(16-12)13-8-6-9-20-13/h6,8-9,11-12,14,16H,5,7,10H2,1-4H3. The van der Waals surface area contributed by atoms with Crippen LogP contribution >= 0.6 is 11.3 Å². The number of nitrogens with one attached hydrogen (secondary N) is 1. The van der Waals surface area contributed by atoms with Crippen LogP contribution in [0.15, 0.2) is 17.5 Å². The Bertz CT molecular complexity index is 432. The van der Waals surface area contributed by atoms with Crippen molar-refractivity contribution >= 4 is 17.2 Å². The Morgan fingerprint density at radius 3 is 2.80 bits per heavy atom. The van der Waals surface area contributed by atoms with Crippen molar-refractivity contribution in [1.29, 1.82) is 0 Å². The van der Waals surface area contributed by atoms with Crippen LogP contribution < -0.4 is 5.32 Å². The van der Waals surface area contributed by atoms with Crippen LogP contribution in [0.5, 0.6) is 0 Å².